The number of guanidine groups is 1. The highest BCUT2D eigenvalue weighted by Gasteiger charge is 2.23. The lowest BCUT2D eigenvalue weighted by Gasteiger charge is -2.31. The predicted octanol–water partition coefficient (Wildman–Crippen LogP) is 3.36. The van der Waals surface area contributed by atoms with Crippen LogP contribution >= 0.6 is 24.0 Å². The Bertz CT molecular complexity index is 538. The van der Waals surface area contributed by atoms with Crippen LogP contribution < -0.4 is 10.2 Å². The number of para-hydroxylation sites is 1. The van der Waals surface area contributed by atoms with E-state index in [1.165, 1.54) is 50.1 Å². The van der Waals surface area contributed by atoms with E-state index in [0.717, 1.165) is 31.4 Å². The minimum atomic E-state index is 0. The van der Waals surface area contributed by atoms with Crippen LogP contribution in [0.3, 0.4) is 0 Å². The van der Waals surface area contributed by atoms with Gasteiger partial charge < -0.3 is 15.1 Å². The molecule has 0 radical (unpaired) electrons. The van der Waals surface area contributed by atoms with Crippen molar-refractivity contribution in [2.24, 2.45) is 10.9 Å². The second-order valence-corrected chi connectivity index (χ2v) is 6.67. The molecule has 2 aliphatic heterocycles. The second-order valence-electron chi connectivity index (χ2n) is 6.67. The minimum absolute atomic E-state index is 0. The number of likely N-dealkylation sites (tertiary alicyclic amines) is 1. The number of fused-ring (bicyclic) bond motifs is 1. The third-order valence-corrected chi connectivity index (χ3v) is 5.34. The third-order valence-electron chi connectivity index (χ3n) is 5.34. The Kier molecular flexibility index (Phi) is 7.81. The number of anilines is 1. The van der Waals surface area contributed by atoms with Crippen LogP contribution in [0.4, 0.5) is 5.69 Å². The number of halogens is 1. The van der Waals surface area contributed by atoms with E-state index >= 15 is 0 Å². The fourth-order valence-corrected chi connectivity index (χ4v) is 3.83. The molecule has 0 amide bonds. The Morgan fingerprint density at radius 3 is 2.67 bits per heavy atom. The van der Waals surface area contributed by atoms with Crippen LogP contribution in [-0.2, 0) is 6.42 Å². The predicted molar refractivity (Wildman–Crippen MR) is 114 cm³/mol. The highest BCUT2D eigenvalue weighted by Crippen LogP contribution is 2.27. The molecule has 0 saturated carbocycles. The summed E-state index contributed by atoms with van der Waals surface area (Å²) in [6, 6.07) is 8.67. The first-order valence-electron chi connectivity index (χ1n) is 9.10. The molecule has 24 heavy (non-hydrogen) atoms. The lowest BCUT2D eigenvalue weighted by atomic mass is 9.93. The molecule has 0 bridgehead atoms. The van der Waals surface area contributed by atoms with Crippen LogP contribution in [0.5, 0.6) is 0 Å². The number of rotatable bonds is 4. The fourth-order valence-electron chi connectivity index (χ4n) is 3.83. The van der Waals surface area contributed by atoms with Crippen LogP contribution in [0.2, 0.25) is 0 Å². The molecule has 3 rings (SSSR count). The van der Waals surface area contributed by atoms with Gasteiger partial charge >= 0.3 is 0 Å². The second kappa shape index (κ2) is 9.61. The molecule has 0 unspecified atom stereocenters. The van der Waals surface area contributed by atoms with Gasteiger partial charge in [0, 0.05) is 25.8 Å². The largest absolute Gasteiger partial charge is 0.356 e. The van der Waals surface area contributed by atoms with Gasteiger partial charge in [-0.2, -0.15) is 0 Å². The summed E-state index contributed by atoms with van der Waals surface area (Å²) < 4.78 is 0. The van der Waals surface area contributed by atoms with Crippen LogP contribution in [0, 0.1) is 5.92 Å². The average Bonchev–Trinajstić information content (AvgIpc) is 3.03. The number of benzene rings is 1. The molecule has 1 aromatic carbocycles. The van der Waals surface area contributed by atoms with Gasteiger partial charge in [-0.15, -0.1) is 24.0 Å². The summed E-state index contributed by atoms with van der Waals surface area (Å²) >= 11 is 0. The Morgan fingerprint density at radius 2 is 1.96 bits per heavy atom. The molecule has 1 saturated heterocycles. The van der Waals surface area contributed by atoms with Gasteiger partial charge in [-0.05, 0) is 62.9 Å². The van der Waals surface area contributed by atoms with Gasteiger partial charge in [-0.3, -0.25) is 4.99 Å². The van der Waals surface area contributed by atoms with Gasteiger partial charge in [-0.25, -0.2) is 0 Å². The van der Waals surface area contributed by atoms with Crippen LogP contribution in [0.15, 0.2) is 29.3 Å². The zero-order chi connectivity index (χ0) is 16.1. The van der Waals surface area contributed by atoms with Crippen LogP contribution in [-0.4, -0.2) is 50.6 Å². The van der Waals surface area contributed by atoms with Crippen molar-refractivity contribution in [3.8, 4) is 0 Å². The van der Waals surface area contributed by atoms with E-state index in [9.17, 15) is 0 Å². The normalized spacial score (nSPS) is 19.1. The molecule has 4 nitrogen and oxygen atoms in total. The van der Waals surface area contributed by atoms with Crippen LogP contribution in [0.25, 0.3) is 0 Å². The van der Waals surface area contributed by atoms with Gasteiger partial charge in [0.15, 0.2) is 5.96 Å². The summed E-state index contributed by atoms with van der Waals surface area (Å²) in [5.74, 6) is 1.90. The van der Waals surface area contributed by atoms with E-state index in [0.29, 0.717) is 0 Å². The molecule has 134 valence electrons. The van der Waals surface area contributed by atoms with Crippen molar-refractivity contribution in [2.45, 2.75) is 32.6 Å². The Labute approximate surface area is 163 Å². The first kappa shape index (κ1) is 19.5. The third kappa shape index (κ3) is 4.63. The number of nitrogens with zero attached hydrogens (tertiary/aromatic N) is 3. The topological polar surface area (TPSA) is 30.9 Å². The van der Waals surface area contributed by atoms with E-state index in [1.807, 2.05) is 7.05 Å². The first-order chi connectivity index (χ1) is 11.3. The lowest BCUT2D eigenvalue weighted by Crippen LogP contribution is -2.42. The smallest absolute Gasteiger partial charge is 0.198 e. The molecule has 2 aliphatic rings. The first-order valence-corrected chi connectivity index (χ1v) is 9.10. The van der Waals surface area contributed by atoms with E-state index in [-0.39, 0.29) is 24.0 Å². The molecular weight excluding hydrogens is 411 g/mol. The molecule has 0 atom stereocenters. The monoisotopic (exact) mass is 442 g/mol. The van der Waals surface area contributed by atoms with E-state index in [2.05, 4.69) is 51.3 Å². The minimum Gasteiger partial charge on any atom is -0.356 e. The Balaban J connectivity index is 0.00000208. The summed E-state index contributed by atoms with van der Waals surface area (Å²) in [7, 11) is 1.89. The molecular formula is C19H31IN4. The summed E-state index contributed by atoms with van der Waals surface area (Å²) in [5.41, 5.74) is 2.75. The molecule has 1 N–H and O–H groups in total. The van der Waals surface area contributed by atoms with E-state index < -0.39 is 0 Å². The molecule has 2 heterocycles. The molecule has 5 heteroatoms. The lowest BCUT2D eigenvalue weighted by molar-refractivity contribution is 0.187. The molecule has 0 spiro atoms. The highest BCUT2D eigenvalue weighted by atomic mass is 127. The maximum Gasteiger partial charge on any atom is 0.198 e. The van der Waals surface area contributed by atoms with Crippen molar-refractivity contribution in [1.29, 1.82) is 0 Å². The van der Waals surface area contributed by atoms with Crippen molar-refractivity contribution in [2.75, 3.05) is 44.7 Å². The maximum absolute atomic E-state index is 4.50. The van der Waals surface area contributed by atoms with Gasteiger partial charge in [0.1, 0.15) is 0 Å². The number of hydrogen-bond donors (Lipinski definition) is 1. The van der Waals surface area contributed by atoms with Crippen molar-refractivity contribution < 1.29 is 0 Å². The zero-order valence-electron chi connectivity index (χ0n) is 15.0. The summed E-state index contributed by atoms with van der Waals surface area (Å²) in [6.07, 6.45) is 5.07. The Morgan fingerprint density at radius 1 is 1.21 bits per heavy atom. The van der Waals surface area contributed by atoms with Gasteiger partial charge in [-0.1, -0.05) is 25.1 Å². The van der Waals surface area contributed by atoms with E-state index in [1.54, 1.807) is 0 Å². The fraction of sp³-hybridized carbons (Fsp3) is 0.632. The van der Waals surface area contributed by atoms with Gasteiger partial charge in [0.05, 0.1) is 0 Å². The molecule has 1 aromatic rings. The summed E-state index contributed by atoms with van der Waals surface area (Å²) in [5, 5.41) is 3.59. The average molecular weight is 442 g/mol. The standard InChI is InChI=1S/C19H30N4.HI/c1-3-22-13-9-16(10-14-22)8-12-21-19(20-2)23-15-11-17-6-4-5-7-18(17)23;/h4-7,16H,3,8-15H2,1-2H3,(H,20,21);1H. The van der Waals surface area contributed by atoms with E-state index in [4.69, 9.17) is 0 Å². The van der Waals surface area contributed by atoms with Crippen molar-refractivity contribution in [3.63, 3.8) is 0 Å². The highest BCUT2D eigenvalue weighted by molar-refractivity contribution is 14.0. The summed E-state index contributed by atoms with van der Waals surface area (Å²) in [6.45, 7) is 8.08. The SMILES string of the molecule is CCN1CCC(CCNC(=NC)N2CCc3ccccc32)CC1.I. The molecule has 0 aliphatic carbocycles. The Hall–Kier alpha value is -0.820. The van der Waals surface area contributed by atoms with Crippen molar-refractivity contribution in [1.82, 2.24) is 10.2 Å². The van der Waals surface area contributed by atoms with Crippen LogP contribution in [0.1, 0.15) is 31.7 Å². The molecule has 1 fully saturated rings. The number of nitrogens with one attached hydrogen (secondary N) is 1. The van der Waals surface area contributed by atoms with Crippen molar-refractivity contribution >= 4 is 35.6 Å². The van der Waals surface area contributed by atoms with Gasteiger partial charge in [0.25, 0.3) is 0 Å². The summed E-state index contributed by atoms with van der Waals surface area (Å²) in [4.78, 5) is 9.39. The number of hydrogen-bond acceptors (Lipinski definition) is 2. The number of piperidine rings is 1. The van der Waals surface area contributed by atoms with Gasteiger partial charge in [0.2, 0.25) is 0 Å². The molecule has 0 aromatic heterocycles. The zero-order valence-corrected chi connectivity index (χ0v) is 17.3. The quantitative estimate of drug-likeness (QED) is 0.441. The van der Waals surface area contributed by atoms with Crippen molar-refractivity contribution in [3.05, 3.63) is 29.8 Å². The maximum atomic E-state index is 4.50. The number of aliphatic imine (C=N–C) groups is 1.